The van der Waals surface area contributed by atoms with Crippen molar-refractivity contribution >= 4 is 8.53 Å². The standard InChI is InChI=1S/C43H52N5O6P/c1-32(2)48(33(3)4)55(53-27-11-26-44)54-31-34(28-38-29-47(46-45-38)39-18-24-42(51-7)25-19-39)30-52-43(35-12-9-8-10-13-35,36-14-20-40(49-5)21-15-36)37-16-22-41(50-6)23-17-37/h8-10,12-25,29,32-34H,11,27-28,30-31H2,1-7H3. The minimum absolute atomic E-state index is 0.156. The summed E-state index contributed by atoms with van der Waals surface area (Å²) in [5, 5.41) is 18.3. The number of hydrogen-bond donors (Lipinski definition) is 0. The first-order valence-corrected chi connectivity index (χ1v) is 19.6. The molecule has 0 bridgehead atoms. The van der Waals surface area contributed by atoms with E-state index in [1.165, 1.54) is 0 Å². The molecule has 290 valence electrons. The Morgan fingerprint density at radius 2 is 1.24 bits per heavy atom. The topological polar surface area (TPSA) is 113 Å². The summed E-state index contributed by atoms with van der Waals surface area (Å²) in [6.07, 6.45) is 2.72. The van der Waals surface area contributed by atoms with E-state index < -0.39 is 14.1 Å². The Hall–Kier alpha value is -4.82. The van der Waals surface area contributed by atoms with Gasteiger partial charge in [-0.1, -0.05) is 59.8 Å². The van der Waals surface area contributed by atoms with Crippen molar-refractivity contribution in [3.63, 3.8) is 0 Å². The molecule has 12 heteroatoms. The molecule has 1 aromatic heterocycles. The first kappa shape index (κ1) is 41.3. The normalized spacial score (nSPS) is 12.8. The van der Waals surface area contributed by atoms with Gasteiger partial charge in [-0.2, -0.15) is 5.26 Å². The fraction of sp³-hybridized carbons (Fsp3) is 0.372. The first-order chi connectivity index (χ1) is 26.7. The number of methoxy groups -OCH3 is 3. The summed E-state index contributed by atoms with van der Waals surface area (Å²) < 4.78 is 40.8. The quantitative estimate of drug-likeness (QED) is 0.0408. The van der Waals surface area contributed by atoms with Crippen molar-refractivity contribution in [2.45, 2.75) is 58.2 Å². The third kappa shape index (κ3) is 10.5. The van der Waals surface area contributed by atoms with E-state index in [-0.39, 0.29) is 37.6 Å². The Bertz CT molecular complexity index is 1860. The molecule has 0 saturated heterocycles. The van der Waals surface area contributed by atoms with Gasteiger partial charge in [0.1, 0.15) is 22.8 Å². The van der Waals surface area contributed by atoms with Gasteiger partial charge in [0, 0.05) is 24.4 Å². The zero-order chi connectivity index (χ0) is 39.2. The first-order valence-electron chi connectivity index (χ1n) is 18.5. The minimum atomic E-state index is -1.49. The largest absolute Gasteiger partial charge is 0.497 e. The lowest BCUT2D eigenvalue weighted by molar-refractivity contribution is -0.0176. The third-order valence-electron chi connectivity index (χ3n) is 9.17. The van der Waals surface area contributed by atoms with Crippen LogP contribution in [0, 0.1) is 17.2 Å². The van der Waals surface area contributed by atoms with E-state index in [4.69, 9.17) is 28.0 Å². The number of hydrogen-bond acceptors (Lipinski definition) is 10. The van der Waals surface area contributed by atoms with Crippen LogP contribution in [0.25, 0.3) is 5.69 Å². The maximum absolute atomic E-state index is 9.29. The molecule has 0 saturated carbocycles. The zero-order valence-corrected chi connectivity index (χ0v) is 33.7. The Balaban J connectivity index is 1.55. The number of nitrogens with zero attached hydrogens (tertiary/aromatic N) is 5. The van der Waals surface area contributed by atoms with Gasteiger partial charge >= 0.3 is 0 Å². The van der Waals surface area contributed by atoms with Crippen molar-refractivity contribution in [2.75, 3.05) is 41.2 Å². The van der Waals surface area contributed by atoms with E-state index in [9.17, 15) is 5.26 Å². The number of ether oxygens (including phenoxy) is 4. The molecule has 1 heterocycles. The van der Waals surface area contributed by atoms with Crippen molar-refractivity contribution in [3.05, 3.63) is 132 Å². The van der Waals surface area contributed by atoms with Gasteiger partial charge in [-0.05, 0) is 92.9 Å². The van der Waals surface area contributed by atoms with E-state index in [0.717, 1.165) is 45.3 Å². The number of rotatable bonds is 21. The fourth-order valence-electron chi connectivity index (χ4n) is 6.51. The van der Waals surface area contributed by atoms with Crippen molar-refractivity contribution in [3.8, 4) is 29.0 Å². The molecule has 0 aliphatic heterocycles. The second-order valence-corrected chi connectivity index (χ2v) is 15.0. The van der Waals surface area contributed by atoms with Crippen molar-refractivity contribution in [1.82, 2.24) is 19.7 Å². The fourth-order valence-corrected chi connectivity index (χ4v) is 8.20. The summed E-state index contributed by atoms with van der Waals surface area (Å²) in [4.78, 5) is 0. The lowest BCUT2D eigenvalue weighted by Crippen LogP contribution is -2.36. The highest BCUT2D eigenvalue weighted by Crippen LogP contribution is 2.47. The van der Waals surface area contributed by atoms with Crippen LogP contribution >= 0.6 is 8.53 Å². The minimum Gasteiger partial charge on any atom is -0.497 e. The third-order valence-corrected chi connectivity index (χ3v) is 11.2. The van der Waals surface area contributed by atoms with E-state index in [0.29, 0.717) is 13.0 Å². The lowest BCUT2D eigenvalue weighted by atomic mass is 9.80. The molecule has 0 N–H and O–H groups in total. The summed E-state index contributed by atoms with van der Waals surface area (Å²) in [5.74, 6) is 2.07. The SMILES string of the molecule is COc1ccc(-n2cc(CC(COP(OCCC#N)N(C(C)C)C(C)C)COC(c3ccccc3)(c3ccc(OC)cc3)c3ccc(OC)cc3)nn2)cc1. The molecule has 0 fully saturated rings. The highest BCUT2D eigenvalue weighted by Gasteiger charge is 2.39. The van der Waals surface area contributed by atoms with Gasteiger partial charge < -0.3 is 28.0 Å². The van der Waals surface area contributed by atoms with Crippen LogP contribution in [0.3, 0.4) is 0 Å². The van der Waals surface area contributed by atoms with Gasteiger partial charge in [0.25, 0.3) is 8.53 Å². The van der Waals surface area contributed by atoms with E-state index in [1.807, 2.05) is 97.2 Å². The summed E-state index contributed by atoms with van der Waals surface area (Å²) >= 11 is 0. The Morgan fingerprint density at radius 1 is 0.709 bits per heavy atom. The van der Waals surface area contributed by atoms with Gasteiger partial charge in [0.05, 0.1) is 71.2 Å². The molecule has 4 aromatic carbocycles. The van der Waals surface area contributed by atoms with Gasteiger partial charge in [0.2, 0.25) is 0 Å². The van der Waals surface area contributed by atoms with Gasteiger partial charge in [-0.15, -0.1) is 5.10 Å². The van der Waals surface area contributed by atoms with Crippen molar-refractivity contribution < 1.29 is 28.0 Å². The molecule has 0 aliphatic carbocycles. The summed E-state index contributed by atoms with van der Waals surface area (Å²) in [6.45, 7) is 9.38. The lowest BCUT2D eigenvalue weighted by Gasteiger charge is -2.38. The maximum Gasteiger partial charge on any atom is 0.259 e. The van der Waals surface area contributed by atoms with Gasteiger partial charge in [0.15, 0.2) is 0 Å². The molecule has 2 atom stereocenters. The zero-order valence-electron chi connectivity index (χ0n) is 32.8. The van der Waals surface area contributed by atoms with Crippen molar-refractivity contribution in [2.24, 2.45) is 5.92 Å². The second-order valence-electron chi connectivity index (χ2n) is 13.6. The Kier molecular flexibility index (Phi) is 15.2. The summed E-state index contributed by atoms with van der Waals surface area (Å²) in [5.41, 5.74) is 3.46. The molecular weight excluding hydrogens is 713 g/mol. The van der Waals surface area contributed by atoms with E-state index in [2.05, 4.69) is 60.9 Å². The number of nitriles is 1. The van der Waals surface area contributed by atoms with E-state index in [1.54, 1.807) is 26.0 Å². The molecule has 0 amide bonds. The number of aromatic nitrogens is 3. The average Bonchev–Trinajstić information content (AvgIpc) is 3.69. The van der Waals surface area contributed by atoms with E-state index >= 15 is 0 Å². The van der Waals surface area contributed by atoms with Crippen LogP contribution in [0.2, 0.25) is 0 Å². The second kappa shape index (κ2) is 20.2. The maximum atomic E-state index is 9.29. The molecule has 5 rings (SSSR count). The predicted molar refractivity (Wildman–Crippen MR) is 215 cm³/mol. The smallest absolute Gasteiger partial charge is 0.259 e. The number of benzene rings is 4. The molecule has 5 aromatic rings. The van der Waals surface area contributed by atoms with Crippen LogP contribution in [0.1, 0.15) is 56.5 Å². The van der Waals surface area contributed by atoms with Crippen LogP contribution in [0.5, 0.6) is 17.2 Å². The molecule has 0 radical (unpaired) electrons. The molecule has 11 nitrogen and oxygen atoms in total. The van der Waals surface area contributed by atoms with Crippen LogP contribution in [0.4, 0.5) is 0 Å². The average molecular weight is 766 g/mol. The Morgan fingerprint density at radius 3 is 1.75 bits per heavy atom. The van der Waals surface area contributed by atoms with Crippen LogP contribution in [-0.4, -0.2) is 72.9 Å². The summed E-state index contributed by atoms with van der Waals surface area (Å²) in [7, 11) is 3.47. The van der Waals surface area contributed by atoms with Crippen molar-refractivity contribution in [1.29, 1.82) is 5.26 Å². The molecule has 0 aliphatic rings. The van der Waals surface area contributed by atoms with Crippen LogP contribution < -0.4 is 14.2 Å². The van der Waals surface area contributed by atoms with Crippen LogP contribution in [0.15, 0.2) is 109 Å². The van der Waals surface area contributed by atoms with Crippen LogP contribution in [-0.2, 0) is 25.8 Å². The molecule has 2 unspecified atom stereocenters. The molecule has 55 heavy (non-hydrogen) atoms. The monoisotopic (exact) mass is 765 g/mol. The highest BCUT2D eigenvalue weighted by atomic mass is 31.2. The molecule has 0 spiro atoms. The molecular formula is C43H52N5O6P. The van der Waals surface area contributed by atoms with Gasteiger partial charge in [-0.25, -0.2) is 9.35 Å². The predicted octanol–water partition coefficient (Wildman–Crippen LogP) is 8.75. The van der Waals surface area contributed by atoms with Gasteiger partial charge in [-0.3, -0.25) is 0 Å². The highest BCUT2D eigenvalue weighted by molar-refractivity contribution is 7.44. The summed E-state index contributed by atoms with van der Waals surface area (Å²) in [6, 6.07) is 36.4. The Labute approximate surface area is 326 Å².